The van der Waals surface area contributed by atoms with Gasteiger partial charge in [0.2, 0.25) is 0 Å². The van der Waals surface area contributed by atoms with Crippen molar-refractivity contribution in [2.75, 3.05) is 19.6 Å². The number of carbonyl (C=O) groups excluding carboxylic acids is 1. The molecule has 3 heterocycles. The minimum Gasteiger partial charge on any atom is -0.322 e. The summed E-state index contributed by atoms with van der Waals surface area (Å²) in [6.07, 6.45) is 3.95. The van der Waals surface area contributed by atoms with Gasteiger partial charge in [-0.05, 0) is 51.9 Å². The Labute approximate surface area is 154 Å². The molecule has 0 aliphatic carbocycles. The SMILES string of the molecule is CC(=O)c1c(C)nn2c3ccccc3n(CCN3CCCCC3)c12.Cl. The van der Waals surface area contributed by atoms with Crippen LogP contribution >= 0.6 is 12.4 Å². The van der Waals surface area contributed by atoms with Gasteiger partial charge in [-0.2, -0.15) is 5.10 Å². The Morgan fingerprint density at radius 3 is 2.44 bits per heavy atom. The van der Waals surface area contributed by atoms with Gasteiger partial charge in [0.05, 0.1) is 22.3 Å². The number of nitrogens with zero attached hydrogens (tertiary/aromatic N) is 4. The molecule has 0 bridgehead atoms. The molecule has 1 aliphatic rings. The lowest BCUT2D eigenvalue weighted by Gasteiger charge is -2.26. The van der Waals surface area contributed by atoms with Gasteiger partial charge < -0.3 is 9.47 Å². The van der Waals surface area contributed by atoms with Crippen LogP contribution < -0.4 is 0 Å². The first-order valence-electron chi connectivity index (χ1n) is 8.86. The topological polar surface area (TPSA) is 42.5 Å². The van der Waals surface area contributed by atoms with Crippen LogP contribution in [0.1, 0.15) is 42.2 Å². The average molecular weight is 361 g/mol. The molecule has 0 N–H and O–H groups in total. The minimum atomic E-state index is 0. The van der Waals surface area contributed by atoms with Crippen LogP contribution in [-0.4, -0.2) is 44.5 Å². The summed E-state index contributed by atoms with van der Waals surface area (Å²) in [6, 6.07) is 8.29. The highest BCUT2D eigenvalue weighted by Crippen LogP contribution is 2.26. The molecule has 0 saturated carbocycles. The van der Waals surface area contributed by atoms with Gasteiger partial charge in [0.15, 0.2) is 5.78 Å². The normalized spacial score (nSPS) is 15.6. The van der Waals surface area contributed by atoms with Gasteiger partial charge in [0.1, 0.15) is 5.65 Å². The molecule has 0 unspecified atom stereocenters. The van der Waals surface area contributed by atoms with E-state index in [0.29, 0.717) is 0 Å². The van der Waals surface area contributed by atoms with Crippen LogP contribution in [0.3, 0.4) is 0 Å². The number of likely N-dealkylation sites (tertiary alicyclic amines) is 1. The van der Waals surface area contributed by atoms with Gasteiger partial charge in [0.25, 0.3) is 0 Å². The molecular formula is C19H25ClN4O. The largest absolute Gasteiger partial charge is 0.322 e. The fourth-order valence-electron chi connectivity index (χ4n) is 3.98. The molecular weight excluding hydrogens is 336 g/mol. The lowest BCUT2D eigenvalue weighted by Crippen LogP contribution is -2.32. The zero-order chi connectivity index (χ0) is 16.7. The quantitative estimate of drug-likeness (QED) is 0.666. The van der Waals surface area contributed by atoms with Crippen molar-refractivity contribution < 1.29 is 4.79 Å². The number of imidazole rings is 1. The lowest BCUT2D eigenvalue weighted by atomic mass is 10.1. The lowest BCUT2D eigenvalue weighted by molar-refractivity contribution is 0.101. The van der Waals surface area contributed by atoms with Crippen molar-refractivity contribution in [1.29, 1.82) is 0 Å². The maximum atomic E-state index is 12.2. The van der Waals surface area contributed by atoms with Crippen LogP contribution in [-0.2, 0) is 6.54 Å². The Balaban J connectivity index is 0.00000182. The summed E-state index contributed by atoms with van der Waals surface area (Å²) in [7, 11) is 0. The van der Waals surface area contributed by atoms with Crippen molar-refractivity contribution in [1.82, 2.24) is 19.1 Å². The molecule has 134 valence electrons. The van der Waals surface area contributed by atoms with E-state index in [1.54, 1.807) is 6.92 Å². The summed E-state index contributed by atoms with van der Waals surface area (Å²) in [4.78, 5) is 14.7. The number of halogens is 1. The maximum absolute atomic E-state index is 12.2. The zero-order valence-corrected chi connectivity index (χ0v) is 15.7. The number of piperidine rings is 1. The Morgan fingerprint density at radius 1 is 1.08 bits per heavy atom. The van der Waals surface area contributed by atoms with Crippen LogP contribution in [0.5, 0.6) is 0 Å². The fraction of sp³-hybridized carbons (Fsp3) is 0.474. The van der Waals surface area contributed by atoms with Crippen molar-refractivity contribution in [2.45, 2.75) is 39.7 Å². The Bertz CT molecular complexity index is 905. The predicted octanol–water partition coefficient (Wildman–Crippen LogP) is 3.71. The summed E-state index contributed by atoms with van der Waals surface area (Å²) in [6.45, 7) is 7.85. The highest BCUT2D eigenvalue weighted by molar-refractivity contribution is 6.03. The predicted molar refractivity (Wildman–Crippen MR) is 103 cm³/mol. The highest BCUT2D eigenvalue weighted by atomic mass is 35.5. The molecule has 0 radical (unpaired) electrons. The Kier molecular flexibility index (Phi) is 5.16. The second-order valence-electron chi connectivity index (χ2n) is 6.79. The molecule has 1 aromatic carbocycles. The Hall–Kier alpha value is -1.85. The number of aryl methyl sites for hydroxylation is 1. The first-order chi connectivity index (χ1) is 11.7. The highest BCUT2D eigenvalue weighted by Gasteiger charge is 2.21. The number of hydrogen-bond acceptors (Lipinski definition) is 3. The van der Waals surface area contributed by atoms with Crippen molar-refractivity contribution in [2.24, 2.45) is 0 Å². The fourth-order valence-corrected chi connectivity index (χ4v) is 3.98. The van der Waals surface area contributed by atoms with E-state index in [9.17, 15) is 4.79 Å². The van der Waals surface area contributed by atoms with Crippen molar-refractivity contribution in [3.63, 3.8) is 0 Å². The van der Waals surface area contributed by atoms with Gasteiger partial charge in [-0.1, -0.05) is 18.6 Å². The first-order valence-corrected chi connectivity index (χ1v) is 8.86. The number of Topliss-reactive ketones (excluding diaryl/α,β-unsaturated/α-hetero) is 1. The summed E-state index contributed by atoms with van der Waals surface area (Å²) < 4.78 is 4.22. The summed E-state index contributed by atoms with van der Waals surface area (Å²) in [5, 5.41) is 4.64. The molecule has 2 aromatic heterocycles. The number of fused-ring (bicyclic) bond motifs is 3. The van der Waals surface area contributed by atoms with Gasteiger partial charge in [-0.25, -0.2) is 4.52 Å². The van der Waals surface area contributed by atoms with Crippen LogP contribution in [0.25, 0.3) is 16.7 Å². The van der Waals surface area contributed by atoms with Crippen molar-refractivity contribution >= 4 is 34.9 Å². The van der Waals surface area contributed by atoms with E-state index in [2.05, 4.69) is 32.8 Å². The van der Waals surface area contributed by atoms with Gasteiger partial charge in [-0.15, -0.1) is 12.4 Å². The molecule has 5 nitrogen and oxygen atoms in total. The molecule has 0 amide bonds. The van der Waals surface area contributed by atoms with E-state index < -0.39 is 0 Å². The molecule has 0 spiro atoms. The number of hydrogen-bond donors (Lipinski definition) is 0. The molecule has 0 atom stereocenters. The van der Waals surface area contributed by atoms with Crippen LogP contribution in [0.4, 0.5) is 0 Å². The van der Waals surface area contributed by atoms with E-state index in [0.717, 1.165) is 41.0 Å². The Morgan fingerprint density at radius 2 is 1.76 bits per heavy atom. The third-order valence-electron chi connectivity index (χ3n) is 5.13. The molecule has 4 rings (SSSR count). The molecule has 1 fully saturated rings. The minimum absolute atomic E-state index is 0. The molecule has 6 heteroatoms. The van der Waals surface area contributed by atoms with Crippen LogP contribution in [0, 0.1) is 6.92 Å². The number of para-hydroxylation sites is 2. The average Bonchev–Trinajstić information content (AvgIpc) is 3.07. The number of aromatic nitrogens is 3. The monoisotopic (exact) mass is 360 g/mol. The number of rotatable bonds is 4. The standard InChI is InChI=1S/C19H24N4O.ClH/c1-14-18(15(2)24)19-22(13-12-21-10-6-3-7-11-21)16-8-4-5-9-17(16)23(19)20-14;/h4-5,8-9H,3,6-7,10-13H2,1-2H3;1H. The number of benzene rings is 1. The van der Waals surface area contributed by atoms with Crippen molar-refractivity contribution in [3.05, 3.63) is 35.5 Å². The second kappa shape index (κ2) is 7.18. The first kappa shape index (κ1) is 18.0. The molecule has 1 saturated heterocycles. The third kappa shape index (κ3) is 3.07. The third-order valence-corrected chi connectivity index (χ3v) is 5.13. The number of carbonyl (C=O) groups is 1. The summed E-state index contributed by atoms with van der Waals surface area (Å²) in [5.41, 5.74) is 4.74. The molecule has 25 heavy (non-hydrogen) atoms. The van der Waals surface area contributed by atoms with Crippen LogP contribution in [0.15, 0.2) is 24.3 Å². The smallest absolute Gasteiger partial charge is 0.165 e. The summed E-state index contributed by atoms with van der Waals surface area (Å²) >= 11 is 0. The van der Waals surface area contributed by atoms with E-state index in [1.165, 1.54) is 32.4 Å². The van der Waals surface area contributed by atoms with Crippen LogP contribution in [0.2, 0.25) is 0 Å². The molecule has 1 aliphatic heterocycles. The van der Waals surface area contributed by atoms with Gasteiger partial charge >= 0.3 is 0 Å². The van der Waals surface area contributed by atoms with Crippen molar-refractivity contribution in [3.8, 4) is 0 Å². The number of ketones is 1. The van der Waals surface area contributed by atoms with E-state index >= 15 is 0 Å². The van der Waals surface area contributed by atoms with Gasteiger partial charge in [0, 0.05) is 13.1 Å². The van der Waals surface area contributed by atoms with E-state index in [1.807, 2.05) is 17.5 Å². The maximum Gasteiger partial charge on any atom is 0.165 e. The second-order valence-corrected chi connectivity index (χ2v) is 6.79. The van der Waals surface area contributed by atoms with Gasteiger partial charge in [-0.3, -0.25) is 4.79 Å². The summed E-state index contributed by atoms with van der Waals surface area (Å²) in [5.74, 6) is 0.0875. The van der Waals surface area contributed by atoms with E-state index in [-0.39, 0.29) is 18.2 Å². The van der Waals surface area contributed by atoms with E-state index in [4.69, 9.17) is 0 Å². The molecule has 3 aromatic rings. The zero-order valence-electron chi connectivity index (χ0n) is 14.9.